The van der Waals surface area contributed by atoms with Crippen LogP contribution in [0.25, 0.3) is 0 Å². The van der Waals surface area contributed by atoms with Crippen LogP contribution in [-0.2, 0) is 5.60 Å². The molecule has 1 unspecified atom stereocenters. The van der Waals surface area contributed by atoms with Crippen LogP contribution >= 0.6 is 0 Å². The molecule has 0 aromatic heterocycles. The lowest BCUT2D eigenvalue weighted by atomic mass is 9.71. The van der Waals surface area contributed by atoms with Crippen molar-refractivity contribution in [3.63, 3.8) is 0 Å². The van der Waals surface area contributed by atoms with E-state index in [1.807, 2.05) is 18.2 Å². The first kappa shape index (κ1) is 15.5. The Morgan fingerprint density at radius 2 is 1.86 bits per heavy atom. The average molecular weight is 300 g/mol. The average Bonchev–Trinajstić information content (AvgIpc) is 2.62. The summed E-state index contributed by atoms with van der Waals surface area (Å²) in [6, 6.07) is 10.3. The third-order valence-electron chi connectivity index (χ3n) is 5.26. The summed E-state index contributed by atoms with van der Waals surface area (Å²) in [4.78, 5) is 4.57. The second-order valence-electron chi connectivity index (χ2n) is 6.73. The highest BCUT2D eigenvalue weighted by molar-refractivity contribution is 5.82. The number of hydrogen-bond donors (Lipinski definition) is 2. The van der Waals surface area contributed by atoms with Crippen molar-refractivity contribution >= 4 is 5.84 Å². The van der Waals surface area contributed by atoms with Gasteiger partial charge in [-0.05, 0) is 37.2 Å². The van der Waals surface area contributed by atoms with Crippen molar-refractivity contribution in [3.8, 4) is 0 Å². The van der Waals surface area contributed by atoms with Crippen LogP contribution in [-0.4, -0.2) is 24.0 Å². The van der Waals surface area contributed by atoms with Crippen LogP contribution in [0.2, 0.25) is 0 Å². The van der Waals surface area contributed by atoms with Gasteiger partial charge >= 0.3 is 0 Å². The Bertz CT molecular complexity index is 493. The van der Waals surface area contributed by atoms with Crippen molar-refractivity contribution in [2.75, 3.05) is 13.1 Å². The predicted octanol–water partition coefficient (Wildman–Crippen LogP) is 3.63. The molecule has 1 saturated carbocycles. The minimum Gasteiger partial charge on any atom is -0.385 e. The Labute approximate surface area is 133 Å². The van der Waals surface area contributed by atoms with Gasteiger partial charge in [-0.1, -0.05) is 49.6 Å². The van der Waals surface area contributed by atoms with Crippen molar-refractivity contribution in [3.05, 3.63) is 35.9 Å². The molecule has 22 heavy (non-hydrogen) atoms. The molecular weight excluding hydrogens is 272 g/mol. The highest BCUT2D eigenvalue weighted by atomic mass is 16.3. The summed E-state index contributed by atoms with van der Waals surface area (Å²) in [6.45, 7) is 1.95. The summed E-state index contributed by atoms with van der Waals surface area (Å²) in [5, 5.41) is 14.9. The van der Waals surface area contributed by atoms with Gasteiger partial charge in [-0.2, -0.15) is 0 Å². The van der Waals surface area contributed by atoms with E-state index >= 15 is 0 Å². The molecule has 3 rings (SSSR count). The topological polar surface area (TPSA) is 44.6 Å². The predicted molar refractivity (Wildman–Crippen MR) is 91.1 cm³/mol. The summed E-state index contributed by atoms with van der Waals surface area (Å²) in [6.07, 6.45) is 8.84. The molecule has 0 bridgehead atoms. The normalized spacial score (nSPS) is 22.5. The maximum atomic E-state index is 11.6. The number of hydrogen-bond acceptors (Lipinski definition) is 3. The van der Waals surface area contributed by atoms with Gasteiger partial charge in [-0.25, -0.2) is 0 Å². The van der Waals surface area contributed by atoms with Gasteiger partial charge in [0.1, 0.15) is 0 Å². The SMILES string of the molecule is OC(CCC1=NCCCN1)(c1ccccc1)C1CCCCC1. The molecule has 1 aromatic carbocycles. The molecule has 1 aromatic rings. The van der Waals surface area contributed by atoms with Crippen LogP contribution < -0.4 is 5.32 Å². The Hall–Kier alpha value is -1.35. The minimum absolute atomic E-state index is 0.382. The van der Waals surface area contributed by atoms with Crippen LogP contribution in [0, 0.1) is 5.92 Å². The molecule has 1 aliphatic carbocycles. The highest BCUT2D eigenvalue weighted by Gasteiger charge is 2.38. The first-order chi connectivity index (χ1) is 10.8. The number of benzene rings is 1. The first-order valence-corrected chi connectivity index (χ1v) is 8.84. The largest absolute Gasteiger partial charge is 0.385 e. The second kappa shape index (κ2) is 7.28. The highest BCUT2D eigenvalue weighted by Crippen LogP contribution is 2.42. The number of nitrogens with zero attached hydrogens (tertiary/aromatic N) is 1. The minimum atomic E-state index is -0.705. The number of rotatable bonds is 5. The fourth-order valence-electron chi connectivity index (χ4n) is 3.95. The Morgan fingerprint density at radius 1 is 1.09 bits per heavy atom. The van der Waals surface area contributed by atoms with Crippen molar-refractivity contribution < 1.29 is 5.11 Å². The number of aliphatic hydroxyl groups is 1. The Balaban J connectivity index is 1.77. The van der Waals surface area contributed by atoms with E-state index < -0.39 is 5.60 Å². The molecular formula is C19H28N2O. The number of nitrogens with one attached hydrogen (secondary N) is 1. The molecule has 0 radical (unpaired) electrons. The summed E-state index contributed by atoms with van der Waals surface area (Å²) >= 11 is 0. The molecule has 2 aliphatic rings. The molecule has 0 spiro atoms. The molecule has 1 atom stereocenters. The van der Waals surface area contributed by atoms with Gasteiger partial charge < -0.3 is 10.4 Å². The van der Waals surface area contributed by atoms with Gasteiger partial charge in [-0.15, -0.1) is 0 Å². The molecule has 1 heterocycles. The lowest BCUT2D eigenvalue weighted by Crippen LogP contribution is -2.39. The maximum absolute atomic E-state index is 11.6. The van der Waals surface area contributed by atoms with E-state index in [0.717, 1.165) is 56.6 Å². The molecule has 0 amide bonds. The van der Waals surface area contributed by atoms with Crippen LogP contribution in [0.15, 0.2) is 35.3 Å². The van der Waals surface area contributed by atoms with Crippen LogP contribution in [0.3, 0.4) is 0 Å². The zero-order valence-corrected chi connectivity index (χ0v) is 13.4. The van der Waals surface area contributed by atoms with E-state index in [1.54, 1.807) is 0 Å². The van der Waals surface area contributed by atoms with Gasteiger partial charge in [0.25, 0.3) is 0 Å². The lowest BCUT2D eigenvalue weighted by Gasteiger charge is -2.39. The molecule has 3 heteroatoms. The van der Waals surface area contributed by atoms with Gasteiger partial charge in [-0.3, -0.25) is 4.99 Å². The first-order valence-electron chi connectivity index (χ1n) is 8.84. The summed E-state index contributed by atoms with van der Waals surface area (Å²) in [5.74, 6) is 1.46. The second-order valence-corrected chi connectivity index (χ2v) is 6.73. The van der Waals surface area contributed by atoms with Crippen LogP contribution in [0.5, 0.6) is 0 Å². The number of aliphatic imine (C=N–C) groups is 1. The standard InChI is InChI=1S/C19H28N2O/c22-19(16-8-3-1-4-9-16,17-10-5-2-6-11-17)13-12-18-20-14-7-15-21-18/h1,3-4,8-9,17,22H,2,5-7,10-15H2,(H,20,21). The fraction of sp³-hybridized carbons (Fsp3) is 0.632. The van der Waals surface area contributed by atoms with E-state index in [9.17, 15) is 5.11 Å². The molecule has 1 aliphatic heterocycles. The quantitative estimate of drug-likeness (QED) is 0.872. The van der Waals surface area contributed by atoms with Crippen molar-refractivity contribution in [1.82, 2.24) is 5.32 Å². The van der Waals surface area contributed by atoms with E-state index in [1.165, 1.54) is 19.3 Å². The van der Waals surface area contributed by atoms with Crippen LogP contribution in [0.1, 0.15) is 56.9 Å². The van der Waals surface area contributed by atoms with E-state index in [4.69, 9.17) is 0 Å². The Morgan fingerprint density at radius 3 is 2.55 bits per heavy atom. The van der Waals surface area contributed by atoms with Gasteiger partial charge in [0, 0.05) is 19.5 Å². The van der Waals surface area contributed by atoms with Gasteiger partial charge in [0.15, 0.2) is 0 Å². The fourth-order valence-corrected chi connectivity index (χ4v) is 3.95. The van der Waals surface area contributed by atoms with Crippen LogP contribution in [0.4, 0.5) is 0 Å². The molecule has 0 saturated heterocycles. The third kappa shape index (κ3) is 3.52. The van der Waals surface area contributed by atoms with Crippen molar-refractivity contribution in [1.29, 1.82) is 0 Å². The van der Waals surface area contributed by atoms with Gasteiger partial charge in [0.05, 0.1) is 11.4 Å². The number of amidine groups is 1. The van der Waals surface area contributed by atoms with Crippen molar-refractivity contribution in [2.24, 2.45) is 10.9 Å². The molecule has 3 nitrogen and oxygen atoms in total. The third-order valence-corrected chi connectivity index (χ3v) is 5.26. The zero-order valence-electron chi connectivity index (χ0n) is 13.4. The summed E-state index contributed by atoms with van der Waals surface area (Å²) < 4.78 is 0. The van der Waals surface area contributed by atoms with E-state index in [0.29, 0.717) is 5.92 Å². The molecule has 2 N–H and O–H groups in total. The monoisotopic (exact) mass is 300 g/mol. The molecule has 1 fully saturated rings. The zero-order chi connectivity index (χ0) is 15.3. The van der Waals surface area contributed by atoms with Crippen molar-refractivity contribution in [2.45, 2.75) is 57.0 Å². The molecule has 120 valence electrons. The maximum Gasteiger partial charge on any atom is 0.0964 e. The Kier molecular flexibility index (Phi) is 5.14. The summed E-state index contributed by atoms with van der Waals surface area (Å²) in [7, 11) is 0. The lowest BCUT2D eigenvalue weighted by molar-refractivity contribution is -0.0447. The smallest absolute Gasteiger partial charge is 0.0964 e. The van der Waals surface area contributed by atoms with E-state index in [-0.39, 0.29) is 0 Å². The van der Waals surface area contributed by atoms with Gasteiger partial charge in [0.2, 0.25) is 0 Å². The van der Waals surface area contributed by atoms with E-state index in [2.05, 4.69) is 22.4 Å². The summed E-state index contributed by atoms with van der Waals surface area (Å²) in [5.41, 5.74) is 0.377.